The Hall–Kier alpha value is -1.82. The van der Waals surface area contributed by atoms with Gasteiger partial charge in [-0.15, -0.1) is 0 Å². The minimum atomic E-state index is 0.829. The average Bonchev–Trinajstić information content (AvgIpc) is 3.00. The lowest BCUT2D eigenvalue weighted by atomic mass is 10.3. The predicted molar refractivity (Wildman–Crippen MR) is 71.9 cm³/mol. The van der Waals surface area contributed by atoms with E-state index in [1.54, 1.807) is 6.26 Å². The summed E-state index contributed by atoms with van der Waals surface area (Å²) in [4.78, 5) is 9.17. The lowest BCUT2D eigenvalue weighted by Crippen LogP contribution is -2.46. The molecule has 0 bridgehead atoms. The van der Waals surface area contributed by atoms with Gasteiger partial charge >= 0.3 is 0 Å². The summed E-state index contributed by atoms with van der Waals surface area (Å²) in [6, 6.07) is 3.96. The molecular weight excluding hydrogens is 242 g/mol. The molecule has 3 heterocycles. The van der Waals surface area contributed by atoms with E-state index in [0.717, 1.165) is 50.3 Å². The summed E-state index contributed by atoms with van der Waals surface area (Å²) in [5.41, 5.74) is 0. The predicted octanol–water partition coefficient (Wildman–Crippen LogP) is 1.04. The highest BCUT2D eigenvalue weighted by Gasteiger charge is 2.21. The summed E-state index contributed by atoms with van der Waals surface area (Å²) < 4.78 is 7.25. The van der Waals surface area contributed by atoms with E-state index in [2.05, 4.69) is 19.9 Å². The molecule has 2 aromatic rings. The third kappa shape index (κ3) is 2.63. The normalized spacial score (nSPS) is 17.1. The van der Waals surface area contributed by atoms with Crippen LogP contribution in [0.2, 0.25) is 0 Å². The maximum atomic E-state index is 5.39. The van der Waals surface area contributed by atoms with Crippen LogP contribution in [0.1, 0.15) is 11.6 Å². The molecule has 1 saturated heterocycles. The van der Waals surface area contributed by atoms with Crippen molar-refractivity contribution in [2.24, 2.45) is 7.05 Å². The van der Waals surface area contributed by atoms with Crippen molar-refractivity contribution in [3.8, 4) is 0 Å². The molecule has 102 valence electrons. The fourth-order valence-electron chi connectivity index (χ4n) is 2.51. The van der Waals surface area contributed by atoms with Crippen molar-refractivity contribution in [3.63, 3.8) is 0 Å². The monoisotopic (exact) mass is 261 g/mol. The first-order valence-electron chi connectivity index (χ1n) is 6.60. The molecule has 0 saturated carbocycles. The van der Waals surface area contributed by atoms with Crippen molar-refractivity contribution in [3.05, 3.63) is 30.0 Å². The van der Waals surface area contributed by atoms with Gasteiger partial charge < -0.3 is 9.32 Å². The molecule has 0 aromatic carbocycles. The van der Waals surface area contributed by atoms with Crippen LogP contribution in [0.25, 0.3) is 0 Å². The SMILES string of the molecule is Cc1nc(N2CCN(Cc3ccco3)CC2)n(C)n1. The second kappa shape index (κ2) is 5.05. The van der Waals surface area contributed by atoms with E-state index >= 15 is 0 Å². The molecule has 1 fully saturated rings. The van der Waals surface area contributed by atoms with Crippen LogP contribution in [0, 0.1) is 6.92 Å². The highest BCUT2D eigenvalue weighted by atomic mass is 16.3. The Morgan fingerprint density at radius 3 is 2.63 bits per heavy atom. The van der Waals surface area contributed by atoms with Crippen molar-refractivity contribution in [1.82, 2.24) is 19.7 Å². The van der Waals surface area contributed by atoms with E-state index in [1.807, 2.05) is 30.8 Å². The molecule has 2 aromatic heterocycles. The van der Waals surface area contributed by atoms with E-state index in [1.165, 1.54) is 0 Å². The van der Waals surface area contributed by atoms with Gasteiger partial charge in [-0.3, -0.25) is 4.90 Å². The maximum Gasteiger partial charge on any atom is 0.223 e. The van der Waals surface area contributed by atoms with Crippen LogP contribution >= 0.6 is 0 Å². The van der Waals surface area contributed by atoms with Crippen LogP contribution < -0.4 is 4.90 Å². The van der Waals surface area contributed by atoms with Gasteiger partial charge in [0.05, 0.1) is 12.8 Å². The van der Waals surface area contributed by atoms with Gasteiger partial charge in [-0.1, -0.05) is 0 Å². The van der Waals surface area contributed by atoms with Crippen LogP contribution in [0.15, 0.2) is 22.8 Å². The summed E-state index contributed by atoms with van der Waals surface area (Å²) in [5.74, 6) is 2.83. The Morgan fingerprint density at radius 1 is 1.26 bits per heavy atom. The zero-order valence-corrected chi connectivity index (χ0v) is 11.4. The number of hydrogen-bond donors (Lipinski definition) is 0. The van der Waals surface area contributed by atoms with Crippen LogP contribution in [-0.2, 0) is 13.6 Å². The highest BCUT2D eigenvalue weighted by molar-refractivity contribution is 5.31. The zero-order chi connectivity index (χ0) is 13.2. The molecule has 0 N–H and O–H groups in total. The summed E-state index contributed by atoms with van der Waals surface area (Å²) >= 11 is 0. The van der Waals surface area contributed by atoms with E-state index in [4.69, 9.17) is 4.42 Å². The second-order valence-corrected chi connectivity index (χ2v) is 4.93. The standard InChI is InChI=1S/C13H19N5O/c1-11-14-13(16(2)15-11)18-7-5-17(6-8-18)10-12-4-3-9-19-12/h3-4,9H,5-8,10H2,1-2H3. The molecule has 1 aliphatic heterocycles. The summed E-state index contributed by atoms with van der Waals surface area (Å²) in [6.45, 7) is 6.81. The molecule has 0 radical (unpaired) electrons. The van der Waals surface area contributed by atoms with E-state index in [-0.39, 0.29) is 0 Å². The molecule has 0 unspecified atom stereocenters. The van der Waals surface area contributed by atoms with Gasteiger partial charge in [-0.25, -0.2) is 4.68 Å². The molecule has 6 heteroatoms. The van der Waals surface area contributed by atoms with Crippen LogP contribution in [0.5, 0.6) is 0 Å². The fraction of sp³-hybridized carbons (Fsp3) is 0.538. The van der Waals surface area contributed by atoms with Gasteiger partial charge in [0, 0.05) is 33.2 Å². The van der Waals surface area contributed by atoms with Gasteiger partial charge in [0.15, 0.2) is 0 Å². The highest BCUT2D eigenvalue weighted by Crippen LogP contribution is 2.14. The molecular formula is C13H19N5O. The summed E-state index contributed by atoms with van der Waals surface area (Å²) in [7, 11) is 1.95. The average molecular weight is 261 g/mol. The third-order valence-electron chi connectivity index (χ3n) is 3.46. The quantitative estimate of drug-likeness (QED) is 0.826. The Bertz CT molecular complexity index is 525. The van der Waals surface area contributed by atoms with E-state index in [9.17, 15) is 0 Å². The van der Waals surface area contributed by atoms with E-state index < -0.39 is 0 Å². The number of aryl methyl sites for hydroxylation is 2. The van der Waals surface area contributed by atoms with Crippen molar-refractivity contribution >= 4 is 5.95 Å². The van der Waals surface area contributed by atoms with Gasteiger partial charge in [0.2, 0.25) is 5.95 Å². The van der Waals surface area contributed by atoms with Crippen LogP contribution in [0.4, 0.5) is 5.95 Å². The maximum absolute atomic E-state index is 5.39. The van der Waals surface area contributed by atoms with Crippen molar-refractivity contribution in [1.29, 1.82) is 0 Å². The number of rotatable bonds is 3. The third-order valence-corrected chi connectivity index (χ3v) is 3.46. The molecule has 0 amide bonds. The van der Waals surface area contributed by atoms with Crippen LogP contribution in [-0.4, -0.2) is 45.8 Å². The van der Waals surface area contributed by atoms with Gasteiger partial charge in [0.25, 0.3) is 0 Å². The topological polar surface area (TPSA) is 50.3 Å². The van der Waals surface area contributed by atoms with Crippen LogP contribution in [0.3, 0.4) is 0 Å². The Kier molecular flexibility index (Phi) is 3.25. The minimum absolute atomic E-state index is 0.829. The van der Waals surface area contributed by atoms with Crippen molar-refractivity contribution in [2.45, 2.75) is 13.5 Å². The Labute approximate surface area is 112 Å². The number of aromatic nitrogens is 3. The van der Waals surface area contributed by atoms with Crippen molar-refractivity contribution in [2.75, 3.05) is 31.1 Å². The molecule has 3 rings (SSSR count). The largest absolute Gasteiger partial charge is 0.468 e. The Morgan fingerprint density at radius 2 is 2.05 bits per heavy atom. The molecule has 0 atom stereocenters. The fourth-order valence-corrected chi connectivity index (χ4v) is 2.51. The molecule has 6 nitrogen and oxygen atoms in total. The number of anilines is 1. The first kappa shape index (κ1) is 12.2. The summed E-state index contributed by atoms with van der Waals surface area (Å²) in [5, 5.41) is 4.30. The first-order valence-corrected chi connectivity index (χ1v) is 6.60. The number of piperazine rings is 1. The van der Waals surface area contributed by atoms with Crippen molar-refractivity contribution < 1.29 is 4.42 Å². The minimum Gasteiger partial charge on any atom is -0.468 e. The summed E-state index contributed by atoms with van der Waals surface area (Å²) in [6.07, 6.45) is 1.73. The Balaban J connectivity index is 1.59. The zero-order valence-electron chi connectivity index (χ0n) is 11.4. The first-order chi connectivity index (χ1) is 9.22. The number of furan rings is 1. The van der Waals surface area contributed by atoms with Gasteiger partial charge in [-0.2, -0.15) is 10.1 Å². The molecule has 19 heavy (non-hydrogen) atoms. The number of nitrogens with zero attached hydrogens (tertiary/aromatic N) is 5. The van der Waals surface area contributed by atoms with Gasteiger partial charge in [-0.05, 0) is 19.1 Å². The second-order valence-electron chi connectivity index (χ2n) is 4.93. The molecule has 0 aliphatic carbocycles. The lowest BCUT2D eigenvalue weighted by Gasteiger charge is -2.34. The van der Waals surface area contributed by atoms with E-state index in [0.29, 0.717) is 0 Å². The van der Waals surface area contributed by atoms with Gasteiger partial charge in [0.1, 0.15) is 11.6 Å². The molecule has 0 spiro atoms. The number of hydrogen-bond acceptors (Lipinski definition) is 5. The molecule has 1 aliphatic rings. The lowest BCUT2D eigenvalue weighted by molar-refractivity contribution is 0.229. The smallest absolute Gasteiger partial charge is 0.223 e.